The number of hydrogen-bond acceptors (Lipinski definition) is 7. The first-order valence-corrected chi connectivity index (χ1v) is 12.5. The highest BCUT2D eigenvalue weighted by molar-refractivity contribution is 5.98. The van der Waals surface area contributed by atoms with Crippen LogP contribution >= 0.6 is 0 Å². The first-order valence-electron chi connectivity index (χ1n) is 12.5. The number of nitrogens with one attached hydrogen (secondary N) is 2. The number of aliphatic imine (C=N–C) groups is 1. The summed E-state index contributed by atoms with van der Waals surface area (Å²) in [6.07, 6.45) is 1.35. The van der Waals surface area contributed by atoms with E-state index in [0.717, 1.165) is 42.6 Å². The van der Waals surface area contributed by atoms with Crippen LogP contribution in [0.1, 0.15) is 78.9 Å². The third-order valence-electron chi connectivity index (χ3n) is 5.74. The molecule has 10 nitrogen and oxygen atoms in total. The minimum absolute atomic E-state index is 0.0456. The Balaban J connectivity index is 1.48. The molecule has 2 atom stereocenters. The van der Waals surface area contributed by atoms with Crippen LogP contribution in [0, 0.1) is 0 Å². The molecule has 0 spiro atoms. The molecule has 0 radical (unpaired) electrons. The van der Waals surface area contributed by atoms with Crippen molar-refractivity contribution in [2.45, 2.75) is 110 Å². The summed E-state index contributed by atoms with van der Waals surface area (Å²) < 4.78 is 16.6. The summed E-state index contributed by atoms with van der Waals surface area (Å²) >= 11 is 0. The number of fused-ring (bicyclic) bond motifs is 1. The zero-order valence-corrected chi connectivity index (χ0v) is 22.3. The Morgan fingerprint density at radius 3 is 2.36 bits per heavy atom. The Morgan fingerprint density at radius 2 is 1.72 bits per heavy atom. The molecule has 1 aromatic rings. The number of aryl methyl sites for hydroxylation is 1. The third-order valence-corrected chi connectivity index (χ3v) is 5.74. The molecule has 200 valence electrons. The van der Waals surface area contributed by atoms with Crippen molar-refractivity contribution in [2.75, 3.05) is 0 Å². The Bertz CT molecular complexity index is 976. The predicted octanol–water partition coefficient (Wildman–Crippen LogP) is 3.99. The Hall–Kier alpha value is -3.01. The molecular formula is C26H40N4O6. The fourth-order valence-electron chi connectivity index (χ4n) is 3.97. The Morgan fingerprint density at radius 1 is 1.08 bits per heavy atom. The van der Waals surface area contributed by atoms with Crippen molar-refractivity contribution in [1.29, 1.82) is 0 Å². The highest BCUT2D eigenvalue weighted by Crippen LogP contribution is 2.31. The predicted molar refractivity (Wildman–Crippen MR) is 136 cm³/mol. The number of carbonyl (C=O) groups is 2. The fraction of sp³-hybridized carbons (Fsp3) is 0.654. The first-order chi connectivity index (χ1) is 16.7. The van der Waals surface area contributed by atoms with Gasteiger partial charge in [-0.25, -0.2) is 9.59 Å². The zero-order valence-electron chi connectivity index (χ0n) is 22.3. The fourth-order valence-corrected chi connectivity index (χ4v) is 3.97. The number of amidine groups is 1. The second-order valence-corrected chi connectivity index (χ2v) is 11.4. The van der Waals surface area contributed by atoms with Crippen LogP contribution in [0.15, 0.2) is 23.2 Å². The van der Waals surface area contributed by atoms with Gasteiger partial charge in [-0.3, -0.25) is 9.83 Å². The maximum Gasteiger partial charge on any atom is 0.431 e. The first kappa shape index (κ1) is 27.6. The summed E-state index contributed by atoms with van der Waals surface area (Å²) in [5.41, 5.74) is 9.39. The van der Waals surface area contributed by atoms with Gasteiger partial charge in [0.05, 0.1) is 6.04 Å². The quantitative estimate of drug-likeness (QED) is 0.303. The monoisotopic (exact) mass is 504 g/mol. The molecule has 1 fully saturated rings. The second kappa shape index (κ2) is 10.9. The van der Waals surface area contributed by atoms with Gasteiger partial charge in [-0.15, -0.1) is 0 Å². The van der Waals surface area contributed by atoms with Gasteiger partial charge in [-0.1, -0.05) is 0 Å². The largest absolute Gasteiger partial charge is 0.487 e. The molecule has 0 aromatic heterocycles. The molecule has 2 amide bonds. The van der Waals surface area contributed by atoms with Crippen LogP contribution in [0.25, 0.3) is 0 Å². The van der Waals surface area contributed by atoms with E-state index in [0.29, 0.717) is 5.84 Å². The van der Waals surface area contributed by atoms with Crippen LogP contribution in [0.4, 0.5) is 9.59 Å². The number of hydrogen-bond donors (Lipinski definition) is 3. The summed E-state index contributed by atoms with van der Waals surface area (Å²) in [5.74, 6) is 1.24. The average molecular weight is 505 g/mol. The minimum atomic E-state index is -0.636. The van der Waals surface area contributed by atoms with Crippen LogP contribution in [-0.4, -0.2) is 53.5 Å². The van der Waals surface area contributed by atoms with Gasteiger partial charge in [0, 0.05) is 11.6 Å². The van der Waals surface area contributed by atoms with Crippen molar-refractivity contribution in [3.63, 3.8) is 0 Å². The number of carbonyl (C=O) groups excluding carboxylic acids is 2. The number of nitrogens with zero attached hydrogens (tertiary/aromatic N) is 1. The topological polar surface area (TPSA) is 134 Å². The molecule has 1 aliphatic heterocycles. The SMILES string of the molecule is CC(ONC(=O)OC(C)(C)C)C1CCc2cc(C(N)=NC3CC(NC(=O)OC(C)(C)C)C3)ccc2O1. The van der Waals surface area contributed by atoms with Gasteiger partial charge in [0.2, 0.25) is 0 Å². The van der Waals surface area contributed by atoms with Gasteiger partial charge in [-0.05, 0) is 97.9 Å². The summed E-state index contributed by atoms with van der Waals surface area (Å²) in [6, 6.07) is 5.89. The smallest absolute Gasteiger partial charge is 0.431 e. The van der Waals surface area contributed by atoms with Crippen molar-refractivity contribution >= 4 is 18.0 Å². The maximum absolute atomic E-state index is 11.9. The molecule has 10 heteroatoms. The van der Waals surface area contributed by atoms with Gasteiger partial charge < -0.3 is 25.3 Å². The molecule has 1 heterocycles. The number of alkyl carbamates (subject to hydrolysis) is 1. The van der Waals surface area contributed by atoms with Crippen molar-refractivity contribution in [3.8, 4) is 5.75 Å². The number of ether oxygens (including phenoxy) is 3. The number of benzene rings is 1. The van der Waals surface area contributed by atoms with Crippen molar-refractivity contribution < 1.29 is 28.6 Å². The Labute approximate surface area is 213 Å². The molecule has 2 unspecified atom stereocenters. The van der Waals surface area contributed by atoms with E-state index < -0.39 is 23.4 Å². The lowest BCUT2D eigenvalue weighted by Crippen LogP contribution is -2.48. The van der Waals surface area contributed by atoms with Gasteiger partial charge >= 0.3 is 12.2 Å². The number of amides is 2. The molecule has 36 heavy (non-hydrogen) atoms. The van der Waals surface area contributed by atoms with Crippen molar-refractivity contribution in [1.82, 2.24) is 10.8 Å². The molecule has 2 aliphatic rings. The van der Waals surface area contributed by atoms with Gasteiger partial charge in [0.25, 0.3) is 0 Å². The molecule has 1 aromatic carbocycles. The van der Waals surface area contributed by atoms with E-state index in [9.17, 15) is 9.59 Å². The van der Waals surface area contributed by atoms with Gasteiger partial charge in [-0.2, -0.15) is 5.48 Å². The highest BCUT2D eigenvalue weighted by Gasteiger charge is 2.32. The number of rotatable bonds is 6. The maximum atomic E-state index is 11.9. The standard InChI is InChI=1S/C26H40N4O6/c1-15(36-30-24(32)35-26(5,6)7)20-10-8-16-12-17(9-11-21(16)33-20)22(27)28-18-13-19(14-18)29-23(31)34-25(2,3)4/h9,11-12,15,18-20H,8,10,13-14H2,1-7H3,(H2,27,28)(H,29,31)(H,30,32). The van der Waals surface area contributed by atoms with Crippen LogP contribution in [0.3, 0.4) is 0 Å². The van der Waals surface area contributed by atoms with E-state index in [2.05, 4.69) is 15.8 Å². The molecule has 1 aliphatic carbocycles. The molecule has 1 saturated carbocycles. The van der Waals surface area contributed by atoms with E-state index in [1.807, 2.05) is 45.9 Å². The van der Waals surface area contributed by atoms with E-state index >= 15 is 0 Å². The number of nitrogens with two attached hydrogens (primary N) is 1. The number of hydroxylamine groups is 1. The van der Waals surface area contributed by atoms with E-state index in [-0.39, 0.29) is 24.3 Å². The van der Waals surface area contributed by atoms with E-state index in [1.165, 1.54) is 0 Å². The van der Waals surface area contributed by atoms with Crippen LogP contribution < -0.4 is 21.3 Å². The van der Waals surface area contributed by atoms with Crippen molar-refractivity contribution in [2.24, 2.45) is 10.7 Å². The summed E-state index contributed by atoms with van der Waals surface area (Å²) in [6.45, 7) is 12.7. The zero-order chi connectivity index (χ0) is 26.7. The summed E-state index contributed by atoms with van der Waals surface area (Å²) in [7, 11) is 0. The molecular weight excluding hydrogens is 464 g/mol. The Kier molecular flexibility index (Phi) is 8.38. The lowest BCUT2D eigenvalue weighted by molar-refractivity contribution is -0.0775. The van der Waals surface area contributed by atoms with Crippen LogP contribution in [-0.2, 0) is 20.7 Å². The van der Waals surface area contributed by atoms with Crippen LogP contribution in [0.2, 0.25) is 0 Å². The van der Waals surface area contributed by atoms with E-state index in [4.69, 9.17) is 24.8 Å². The lowest BCUT2D eigenvalue weighted by atomic mass is 9.87. The van der Waals surface area contributed by atoms with Crippen molar-refractivity contribution in [3.05, 3.63) is 29.3 Å². The van der Waals surface area contributed by atoms with E-state index in [1.54, 1.807) is 20.8 Å². The lowest BCUT2D eigenvalue weighted by Gasteiger charge is -2.34. The van der Waals surface area contributed by atoms with Gasteiger partial charge in [0.1, 0.15) is 35.0 Å². The third kappa shape index (κ3) is 8.29. The minimum Gasteiger partial charge on any atom is -0.487 e. The molecule has 0 bridgehead atoms. The molecule has 4 N–H and O–H groups in total. The van der Waals surface area contributed by atoms with Crippen LogP contribution in [0.5, 0.6) is 5.75 Å². The highest BCUT2D eigenvalue weighted by atomic mass is 16.7. The normalized spacial score (nSPS) is 22.9. The molecule has 0 saturated heterocycles. The average Bonchev–Trinajstić information content (AvgIpc) is 2.72. The molecule has 3 rings (SSSR count). The summed E-state index contributed by atoms with van der Waals surface area (Å²) in [4.78, 5) is 33.8. The van der Waals surface area contributed by atoms with Gasteiger partial charge in [0.15, 0.2) is 0 Å². The second-order valence-electron chi connectivity index (χ2n) is 11.4. The summed E-state index contributed by atoms with van der Waals surface area (Å²) in [5, 5.41) is 2.87.